The molecule has 0 spiro atoms. The highest BCUT2D eigenvalue weighted by atomic mass is 16.5. The van der Waals surface area contributed by atoms with Crippen LogP contribution in [-0.4, -0.2) is 47.4 Å². The van der Waals surface area contributed by atoms with Crippen molar-refractivity contribution in [3.8, 4) is 0 Å². The van der Waals surface area contributed by atoms with Crippen LogP contribution in [-0.2, 0) is 14.3 Å². The molecule has 6 heteroatoms. The first-order chi connectivity index (χ1) is 38.5. The van der Waals surface area contributed by atoms with Crippen LogP contribution in [0.3, 0.4) is 0 Å². The Morgan fingerprint density at radius 1 is 0.346 bits per heavy atom. The minimum absolute atomic E-state index is 0.00492. The van der Waals surface area contributed by atoms with E-state index >= 15 is 0 Å². The van der Waals surface area contributed by atoms with Gasteiger partial charge in [0.15, 0.2) is 0 Å². The number of hydrogen-bond acceptors (Lipinski definition) is 5. The van der Waals surface area contributed by atoms with Crippen molar-refractivity contribution in [1.82, 2.24) is 5.32 Å². The summed E-state index contributed by atoms with van der Waals surface area (Å²) in [6.07, 6.45) is 86.5. The van der Waals surface area contributed by atoms with Crippen molar-refractivity contribution in [2.24, 2.45) is 0 Å². The minimum atomic E-state index is -0.848. The first kappa shape index (κ1) is 76.1. The molecule has 0 aromatic rings. The molecule has 0 aromatic heterocycles. The van der Waals surface area contributed by atoms with E-state index < -0.39 is 12.1 Å². The first-order valence-corrected chi connectivity index (χ1v) is 35.3. The molecule has 2 atom stereocenters. The quantitative estimate of drug-likeness (QED) is 0.0320. The Morgan fingerprint density at radius 2 is 0.603 bits per heavy atom. The number of carbonyl (C=O) groups excluding carboxylic acids is 2. The largest absolute Gasteiger partial charge is 0.466 e. The summed E-state index contributed by atoms with van der Waals surface area (Å²) in [5.41, 5.74) is 0. The monoisotopic (exact) mass is 1100 g/mol. The normalized spacial score (nSPS) is 12.7. The molecule has 78 heavy (non-hydrogen) atoms. The van der Waals surface area contributed by atoms with Crippen molar-refractivity contribution in [3.05, 3.63) is 36.5 Å². The van der Waals surface area contributed by atoms with E-state index in [9.17, 15) is 19.8 Å². The summed E-state index contributed by atoms with van der Waals surface area (Å²) in [6.45, 7) is 4.92. The number of nitrogens with one attached hydrogen (secondary N) is 1. The van der Waals surface area contributed by atoms with Crippen molar-refractivity contribution >= 4 is 11.9 Å². The molecule has 460 valence electrons. The predicted octanol–water partition coefficient (Wildman–Crippen LogP) is 22.7. The van der Waals surface area contributed by atoms with Crippen LogP contribution in [0.1, 0.15) is 386 Å². The second kappa shape index (κ2) is 67.6. The predicted molar refractivity (Wildman–Crippen MR) is 343 cm³/mol. The Balaban J connectivity index is 3.43. The second-order valence-electron chi connectivity index (χ2n) is 24.2. The average Bonchev–Trinajstić information content (AvgIpc) is 3.44. The van der Waals surface area contributed by atoms with Gasteiger partial charge in [0.25, 0.3) is 0 Å². The van der Waals surface area contributed by atoms with Gasteiger partial charge in [-0.05, 0) is 83.5 Å². The lowest BCUT2D eigenvalue weighted by Crippen LogP contribution is -2.45. The lowest BCUT2D eigenvalue weighted by molar-refractivity contribution is -0.143. The van der Waals surface area contributed by atoms with E-state index in [-0.39, 0.29) is 18.5 Å². The second-order valence-corrected chi connectivity index (χ2v) is 24.2. The Morgan fingerprint density at radius 3 is 0.910 bits per heavy atom. The van der Waals surface area contributed by atoms with Crippen LogP contribution in [0.5, 0.6) is 0 Å². The molecule has 0 fully saturated rings. The maximum absolute atomic E-state index is 12.5. The van der Waals surface area contributed by atoms with Crippen molar-refractivity contribution in [2.75, 3.05) is 13.2 Å². The third-order valence-corrected chi connectivity index (χ3v) is 16.4. The molecule has 0 aliphatic rings. The average molecular weight is 1100 g/mol. The molecule has 0 heterocycles. The third-order valence-electron chi connectivity index (χ3n) is 16.4. The van der Waals surface area contributed by atoms with Crippen molar-refractivity contribution in [1.29, 1.82) is 0 Å². The van der Waals surface area contributed by atoms with Crippen molar-refractivity contribution in [2.45, 2.75) is 398 Å². The van der Waals surface area contributed by atoms with Crippen LogP contribution in [0, 0.1) is 0 Å². The number of hydrogen-bond donors (Lipinski definition) is 3. The van der Waals surface area contributed by atoms with Crippen LogP contribution in [0.15, 0.2) is 36.5 Å². The molecule has 0 aliphatic carbocycles. The minimum Gasteiger partial charge on any atom is -0.466 e. The van der Waals surface area contributed by atoms with Crippen LogP contribution in [0.25, 0.3) is 0 Å². The number of aliphatic hydroxyl groups is 2. The highest BCUT2D eigenvalue weighted by Gasteiger charge is 2.18. The van der Waals surface area contributed by atoms with E-state index in [0.29, 0.717) is 19.4 Å². The molecule has 0 saturated heterocycles. The number of carbonyl (C=O) groups is 2. The molecule has 2 unspecified atom stereocenters. The molecule has 0 saturated carbocycles. The number of ether oxygens (including phenoxy) is 1. The molecule has 0 aromatic carbocycles. The summed E-state index contributed by atoms with van der Waals surface area (Å²) in [5.74, 6) is -0.0626. The molecule has 0 rings (SSSR count). The molecule has 3 N–H and O–H groups in total. The summed E-state index contributed by atoms with van der Waals surface area (Å²) in [5, 5.41) is 23.3. The van der Waals surface area contributed by atoms with Gasteiger partial charge in [-0.3, -0.25) is 9.59 Å². The van der Waals surface area contributed by atoms with Gasteiger partial charge in [0, 0.05) is 12.8 Å². The van der Waals surface area contributed by atoms with Crippen LogP contribution in [0.4, 0.5) is 0 Å². The van der Waals surface area contributed by atoms with Crippen molar-refractivity contribution < 1.29 is 24.5 Å². The zero-order chi connectivity index (χ0) is 56.4. The summed E-state index contributed by atoms with van der Waals surface area (Å²) in [4.78, 5) is 24.6. The highest BCUT2D eigenvalue weighted by Crippen LogP contribution is 2.18. The first-order valence-electron chi connectivity index (χ1n) is 35.3. The van der Waals surface area contributed by atoms with Gasteiger partial charge < -0.3 is 20.3 Å². The van der Waals surface area contributed by atoms with E-state index in [1.165, 1.54) is 315 Å². The molecular weight excluding hydrogens is 959 g/mol. The Labute approximate surface area is 487 Å². The van der Waals surface area contributed by atoms with Gasteiger partial charge in [-0.15, -0.1) is 0 Å². The fraction of sp³-hybridized carbons (Fsp3) is 0.889. The summed E-state index contributed by atoms with van der Waals surface area (Å²) < 4.78 is 5.48. The maximum Gasteiger partial charge on any atom is 0.305 e. The van der Waals surface area contributed by atoms with E-state index in [0.717, 1.165) is 44.9 Å². The molecule has 1 amide bonds. The topological polar surface area (TPSA) is 95.9 Å². The third kappa shape index (κ3) is 63.3. The number of rotatable bonds is 66. The van der Waals surface area contributed by atoms with Gasteiger partial charge in [0.2, 0.25) is 5.91 Å². The van der Waals surface area contributed by atoms with Gasteiger partial charge in [-0.2, -0.15) is 0 Å². The molecule has 6 nitrogen and oxygen atoms in total. The SMILES string of the molecule is CCCCCCC/C=C\CCCCCCCC(=O)OCCCCCCCCCCCCCC/C=C\CCCCCCCCCCCC(=O)NC(CO)C(O)/C=C/CCCCCCCCCCCCCCCCCCCCCC. The Bertz CT molecular complexity index is 1260. The summed E-state index contributed by atoms with van der Waals surface area (Å²) in [7, 11) is 0. The summed E-state index contributed by atoms with van der Waals surface area (Å²) >= 11 is 0. The highest BCUT2D eigenvalue weighted by molar-refractivity contribution is 5.76. The zero-order valence-corrected chi connectivity index (χ0v) is 52.7. The Kier molecular flexibility index (Phi) is 65.9. The van der Waals surface area contributed by atoms with E-state index in [4.69, 9.17) is 4.74 Å². The van der Waals surface area contributed by atoms with Gasteiger partial charge in [0.05, 0.1) is 25.4 Å². The van der Waals surface area contributed by atoms with Gasteiger partial charge in [-0.1, -0.05) is 326 Å². The summed E-state index contributed by atoms with van der Waals surface area (Å²) in [6, 6.07) is -0.632. The number of amides is 1. The van der Waals surface area contributed by atoms with Crippen LogP contribution in [0.2, 0.25) is 0 Å². The van der Waals surface area contributed by atoms with E-state index in [1.807, 2.05) is 6.08 Å². The van der Waals surface area contributed by atoms with Gasteiger partial charge in [-0.25, -0.2) is 0 Å². The molecule has 0 bridgehead atoms. The lowest BCUT2D eigenvalue weighted by Gasteiger charge is -2.20. The number of unbranched alkanes of at least 4 members (excludes halogenated alkanes) is 51. The smallest absolute Gasteiger partial charge is 0.305 e. The van der Waals surface area contributed by atoms with Crippen LogP contribution < -0.4 is 5.32 Å². The van der Waals surface area contributed by atoms with E-state index in [2.05, 4.69) is 43.5 Å². The lowest BCUT2D eigenvalue weighted by atomic mass is 10.0. The molecule has 0 aliphatic heterocycles. The van der Waals surface area contributed by atoms with Crippen molar-refractivity contribution in [3.63, 3.8) is 0 Å². The Hall–Kier alpha value is -1.92. The van der Waals surface area contributed by atoms with Gasteiger partial charge >= 0.3 is 5.97 Å². The maximum atomic E-state index is 12.5. The van der Waals surface area contributed by atoms with Crippen LogP contribution >= 0.6 is 0 Å². The number of allylic oxidation sites excluding steroid dienone is 5. The number of esters is 1. The zero-order valence-electron chi connectivity index (χ0n) is 52.7. The van der Waals surface area contributed by atoms with Gasteiger partial charge in [0.1, 0.15) is 0 Å². The van der Waals surface area contributed by atoms with E-state index in [1.54, 1.807) is 6.08 Å². The molecular formula is C72H137NO5. The molecule has 0 radical (unpaired) electrons. The number of aliphatic hydroxyl groups excluding tert-OH is 2. The standard InChI is InChI=1S/C72H137NO5/c1-3-5-7-9-11-13-15-17-19-20-21-22-28-31-34-37-40-44-48-52-56-60-64-70(75)69(68-74)73-71(76)65-61-57-53-49-45-41-38-35-32-29-26-24-23-25-27-30-33-36-39-43-47-51-55-59-63-67-78-72(77)66-62-58-54-50-46-42-18-16-14-12-10-8-6-4-2/h16,18,24,26,60,64,69-70,74-75H,3-15,17,19-23,25,27-59,61-63,65-68H2,1-2H3,(H,73,76)/b18-16-,26-24-,64-60+. The fourth-order valence-corrected chi connectivity index (χ4v) is 11.0. The fourth-order valence-electron chi connectivity index (χ4n) is 11.0.